The summed E-state index contributed by atoms with van der Waals surface area (Å²) < 4.78 is 10.2. The maximum atomic E-state index is 12.4. The van der Waals surface area contributed by atoms with E-state index in [1.807, 2.05) is 17.5 Å². The SMILES string of the molecule is Cc1cc(COC(=O)C2CCCN(C(=O)c3cccs3)C2)no1. The van der Waals surface area contributed by atoms with Gasteiger partial charge in [0.05, 0.1) is 10.8 Å². The van der Waals surface area contributed by atoms with Crippen LogP contribution in [0.1, 0.15) is 34.0 Å². The molecule has 23 heavy (non-hydrogen) atoms. The van der Waals surface area contributed by atoms with Gasteiger partial charge in [-0.15, -0.1) is 11.3 Å². The van der Waals surface area contributed by atoms with E-state index in [2.05, 4.69) is 5.16 Å². The number of aryl methyl sites for hydroxylation is 1. The molecular weight excluding hydrogens is 316 g/mol. The van der Waals surface area contributed by atoms with E-state index in [9.17, 15) is 9.59 Å². The minimum absolute atomic E-state index is 0.00961. The summed E-state index contributed by atoms with van der Waals surface area (Å²) in [6, 6.07) is 5.40. The number of ether oxygens (including phenoxy) is 1. The van der Waals surface area contributed by atoms with Gasteiger partial charge in [0.2, 0.25) is 0 Å². The molecule has 122 valence electrons. The maximum absolute atomic E-state index is 12.4. The number of likely N-dealkylation sites (tertiary alicyclic amines) is 1. The second-order valence-electron chi connectivity index (χ2n) is 5.60. The number of esters is 1. The summed E-state index contributed by atoms with van der Waals surface area (Å²) in [4.78, 5) is 27.0. The van der Waals surface area contributed by atoms with E-state index >= 15 is 0 Å². The first-order chi connectivity index (χ1) is 11.1. The lowest BCUT2D eigenvalue weighted by Crippen LogP contribution is -2.42. The number of hydrogen-bond acceptors (Lipinski definition) is 6. The number of rotatable bonds is 4. The van der Waals surface area contributed by atoms with Crippen LogP contribution in [0.5, 0.6) is 0 Å². The van der Waals surface area contributed by atoms with Gasteiger partial charge in [-0.05, 0) is 31.2 Å². The van der Waals surface area contributed by atoms with Crippen LogP contribution >= 0.6 is 11.3 Å². The molecule has 0 spiro atoms. The summed E-state index contributed by atoms with van der Waals surface area (Å²) in [6.07, 6.45) is 1.55. The minimum Gasteiger partial charge on any atom is -0.459 e. The van der Waals surface area contributed by atoms with E-state index in [1.54, 1.807) is 17.9 Å². The number of nitrogens with zero attached hydrogens (tertiary/aromatic N) is 2. The molecule has 0 bridgehead atoms. The average Bonchev–Trinajstić information content (AvgIpc) is 3.23. The van der Waals surface area contributed by atoms with E-state index in [0.717, 1.165) is 12.8 Å². The number of piperidine rings is 1. The molecular formula is C16H18N2O4S. The molecule has 2 aromatic heterocycles. The van der Waals surface area contributed by atoms with Crippen molar-refractivity contribution in [2.24, 2.45) is 5.92 Å². The Hall–Kier alpha value is -2.15. The molecule has 2 aromatic rings. The van der Waals surface area contributed by atoms with Gasteiger partial charge < -0.3 is 14.2 Å². The summed E-state index contributed by atoms with van der Waals surface area (Å²) in [7, 11) is 0. The summed E-state index contributed by atoms with van der Waals surface area (Å²) in [5, 5.41) is 5.67. The highest BCUT2D eigenvalue weighted by molar-refractivity contribution is 7.12. The Kier molecular flexibility index (Phi) is 4.76. The van der Waals surface area contributed by atoms with Gasteiger partial charge in [-0.1, -0.05) is 11.2 Å². The zero-order valence-corrected chi connectivity index (χ0v) is 13.7. The fraction of sp³-hybridized carbons (Fsp3) is 0.438. The highest BCUT2D eigenvalue weighted by atomic mass is 32.1. The predicted octanol–water partition coefficient (Wildman–Crippen LogP) is 2.64. The third-order valence-corrected chi connectivity index (χ3v) is 4.67. The highest BCUT2D eigenvalue weighted by Gasteiger charge is 2.30. The lowest BCUT2D eigenvalue weighted by molar-refractivity contribution is -0.151. The van der Waals surface area contributed by atoms with Gasteiger partial charge in [-0.3, -0.25) is 9.59 Å². The monoisotopic (exact) mass is 334 g/mol. The van der Waals surface area contributed by atoms with Crippen LogP contribution in [0.4, 0.5) is 0 Å². The van der Waals surface area contributed by atoms with Crippen molar-refractivity contribution in [1.82, 2.24) is 10.1 Å². The first-order valence-corrected chi connectivity index (χ1v) is 8.43. The Morgan fingerprint density at radius 3 is 3.09 bits per heavy atom. The summed E-state index contributed by atoms with van der Waals surface area (Å²) in [5.74, 6) is 0.112. The third kappa shape index (κ3) is 3.79. The number of amides is 1. The van der Waals surface area contributed by atoms with Gasteiger partial charge in [-0.2, -0.15) is 0 Å². The molecule has 3 rings (SSSR count). The Labute approximate surface area is 138 Å². The van der Waals surface area contributed by atoms with Crippen molar-refractivity contribution < 1.29 is 18.8 Å². The molecule has 0 saturated carbocycles. The van der Waals surface area contributed by atoms with E-state index in [4.69, 9.17) is 9.26 Å². The quantitative estimate of drug-likeness (QED) is 0.804. The zero-order chi connectivity index (χ0) is 16.2. The molecule has 1 atom stereocenters. The molecule has 6 nitrogen and oxygen atoms in total. The van der Waals surface area contributed by atoms with E-state index < -0.39 is 0 Å². The fourth-order valence-electron chi connectivity index (χ4n) is 2.66. The van der Waals surface area contributed by atoms with Gasteiger partial charge in [0.25, 0.3) is 5.91 Å². The Morgan fingerprint density at radius 2 is 2.39 bits per heavy atom. The van der Waals surface area contributed by atoms with Gasteiger partial charge in [0, 0.05) is 19.2 Å². The van der Waals surface area contributed by atoms with Crippen LogP contribution in [0.3, 0.4) is 0 Å². The number of aromatic nitrogens is 1. The van der Waals surface area contributed by atoms with Gasteiger partial charge in [0.1, 0.15) is 18.1 Å². The van der Waals surface area contributed by atoms with Crippen LogP contribution in [0.2, 0.25) is 0 Å². The zero-order valence-electron chi connectivity index (χ0n) is 12.9. The second-order valence-corrected chi connectivity index (χ2v) is 6.55. The summed E-state index contributed by atoms with van der Waals surface area (Å²) in [6.45, 7) is 2.98. The average molecular weight is 334 g/mol. The molecule has 3 heterocycles. The van der Waals surface area contributed by atoms with Crippen LogP contribution in [-0.2, 0) is 16.1 Å². The molecule has 1 amide bonds. The molecule has 0 aliphatic carbocycles. The van der Waals surface area contributed by atoms with Gasteiger partial charge >= 0.3 is 5.97 Å². The van der Waals surface area contributed by atoms with Crippen LogP contribution in [0.25, 0.3) is 0 Å². The summed E-state index contributed by atoms with van der Waals surface area (Å²) >= 11 is 1.42. The van der Waals surface area contributed by atoms with E-state index in [1.165, 1.54) is 11.3 Å². The van der Waals surface area contributed by atoms with E-state index in [-0.39, 0.29) is 24.4 Å². The smallest absolute Gasteiger partial charge is 0.311 e. The molecule has 1 fully saturated rings. The minimum atomic E-state index is -0.283. The van der Waals surface area contributed by atoms with Crippen molar-refractivity contribution in [3.8, 4) is 0 Å². The fourth-order valence-corrected chi connectivity index (χ4v) is 3.35. The molecule has 0 radical (unpaired) electrons. The molecule has 0 aromatic carbocycles. The van der Waals surface area contributed by atoms with E-state index in [0.29, 0.717) is 29.4 Å². The van der Waals surface area contributed by atoms with Crippen molar-refractivity contribution in [2.45, 2.75) is 26.4 Å². The van der Waals surface area contributed by atoms with Gasteiger partial charge in [-0.25, -0.2) is 0 Å². The standard InChI is InChI=1S/C16H18N2O4S/c1-11-8-13(17-22-11)10-21-16(20)12-4-2-6-18(9-12)15(19)14-5-3-7-23-14/h3,5,7-8,12H,2,4,6,9-10H2,1H3. The van der Waals surface area contributed by atoms with Crippen LogP contribution in [-0.4, -0.2) is 35.0 Å². The molecule has 0 N–H and O–H groups in total. The first-order valence-electron chi connectivity index (χ1n) is 7.55. The molecule has 1 unspecified atom stereocenters. The first kappa shape index (κ1) is 15.7. The normalized spacial score (nSPS) is 18.0. The molecule has 1 saturated heterocycles. The van der Waals surface area contributed by atoms with Crippen molar-refractivity contribution >= 4 is 23.2 Å². The Balaban J connectivity index is 1.55. The Morgan fingerprint density at radius 1 is 1.52 bits per heavy atom. The van der Waals surface area contributed by atoms with Crippen molar-refractivity contribution in [1.29, 1.82) is 0 Å². The van der Waals surface area contributed by atoms with Crippen molar-refractivity contribution in [2.75, 3.05) is 13.1 Å². The van der Waals surface area contributed by atoms with Crippen LogP contribution in [0, 0.1) is 12.8 Å². The highest BCUT2D eigenvalue weighted by Crippen LogP contribution is 2.22. The van der Waals surface area contributed by atoms with Crippen molar-refractivity contribution in [3.63, 3.8) is 0 Å². The molecule has 7 heteroatoms. The second kappa shape index (κ2) is 6.95. The number of carbonyl (C=O) groups is 2. The largest absolute Gasteiger partial charge is 0.459 e. The third-order valence-electron chi connectivity index (χ3n) is 3.81. The lowest BCUT2D eigenvalue weighted by atomic mass is 9.98. The van der Waals surface area contributed by atoms with Crippen molar-refractivity contribution in [3.05, 3.63) is 39.9 Å². The number of hydrogen-bond donors (Lipinski definition) is 0. The number of thiophene rings is 1. The predicted molar refractivity (Wildman–Crippen MR) is 84.0 cm³/mol. The lowest BCUT2D eigenvalue weighted by Gasteiger charge is -2.31. The number of carbonyl (C=O) groups excluding carboxylic acids is 2. The Bertz CT molecular complexity index is 680. The van der Waals surface area contributed by atoms with Crippen LogP contribution < -0.4 is 0 Å². The maximum Gasteiger partial charge on any atom is 0.311 e. The summed E-state index contributed by atoms with van der Waals surface area (Å²) in [5.41, 5.74) is 0.596. The van der Waals surface area contributed by atoms with Gasteiger partial charge in [0.15, 0.2) is 0 Å². The molecule has 1 aliphatic rings. The van der Waals surface area contributed by atoms with Crippen LogP contribution in [0.15, 0.2) is 28.1 Å². The molecule has 1 aliphatic heterocycles. The topological polar surface area (TPSA) is 72.6 Å².